The maximum absolute atomic E-state index is 3.31. The van der Waals surface area contributed by atoms with Gasteiger partial charge in [-0.2, -0.15) is 0 Å². The highest BCUT2D eigenvalue weighted by Gasteiger charge is 1.93. The molecule has 0 saturated heterocycles. The molecule has 1 N–H and O–H groups in total. The molecule has 0 heterocycles. The monoisotopic (exact) mass is 195 g/mol. The van der Waals surface area contributed by atoms with Crippen LogP contribution in [0.1, 0.15) is 19.4 Å². The van der Waals surface area contributed by atoms with Crippen LogP contribution in [0.3, 0.4) is 0 Å². The second-order valence-electron chi connectivity index (χ2n) is 2.86. The molecule has 0 saturated carbocycles. The van der Waals surface area contributed by atoms with Crippen LogP contribution >= 0.6 is 11.8 Å². The molecule has 0 atom stereocenters. The van der Waals surface area contributed by atoms with Crippen LogP contribution in [-0.4, -0.2) is 12.3 Å². The Balaban J connectivity index is 2.48. The van der Waals surface area contributed by atoms with Gasteiger partial charge in [0, 0.05) is 11.4 Å². The van der Waals surface area contributed by atoms with E-state index in [4.69, 9.17) is 0 Å². The number of benzene rings is 1. The highest BCUT2D eigenvalue weighted by Crippen LogP contribution is 2.17. The van der Waals surface area contributed by atoms with Crippen LogP contribution in [0.25, 0.3) is 0 Å². The summed E-state index contributed by atoms with van der Waals surface area (Å²) in [5.41, 5.74) is 1.36. The molecule has 13 heavy (non-hydrogen) atoms. The predicted molar refractivity (Wildman–Crippen MR) is 60.2 cm³/mol. The topological polar surface area (TPSA) is 12.0 Å². The van der Waals surface area contributed by atoms with Crippen LogP contribution in [-0.2, 0) is 6.54 Å². The minimum absolute atomic E-state index is 0.980. The normalized spacial score (nSPS) is 10.3. The quantitative estimate of drug-likeness (QED) is 0.725. The third kappa shape index (κ3) is 3.83. The number of hydrogen-bond donors (Lipinski definition) is 1. The molecule has 0 unspecified atom stereocenters. The van der Waals surface area contributed by atoms with Crippen LogP contribution in [0.15, 0.2) is 29.2 Å². The number of nitrogens with one attached hydrogen (secondary N) is 1. The van der Waals surface area contributed by atoms with E-state index in [0.29, 0.717) is 0 Å². The van der Waals surface area contributed by atoms with E-state index in [-0.39, 0.29) is 0 Å². The average molecular weight is 195 g/mol. The summed E-state index contributed by atoms with van der Waals surface area (Å²) in [5, 5.41) is 3.31. The second kappa shape index (κ2) is 6.06. The minimum Gasteiger partial charge on any atom is -0.313 e. The largest absolute Gasteiger partial charge is 0.313 e. The Bertz CT molecular complexity index is 230. The molecule has 0 bridgehead atoms. The van der Waals surface area contributed by atoms with Gasteiger partial charge in [-0.3, -0.25) is 0 Å². The lowest BCUT2D eigenvalue weighted by molar-refractivity contribution is 0.726. The van der Waals surface area contributed by atoms with Crippen molar-refractivity contribution in [2.24, 2.45) is 0 Å². The molecule has 72 valence electrons. The first-order valence-corrected chi connectivity index (χ1v) is 5.77. The summed E-state index contributed by atoms with van der Waals surface area (Å²) in [6.45, 7) is 6.32. The SMILES string of the molecule is CCNCc1ccc(SCC)cc1. The van der Waals surface area contributed by atoms with E-state index in [1.54, 1.807) is 0 Å². The van der Waals surface area contributed by atoms with Crippen LogP contribution in [0.2, 0.25) is 0 Å². The van der Waals surface area contributed by atoms with E-state index in [9.17, 15) is 0 Å². The van der Waals surface area contributed by atoms with Crippen LogP contribution in [0, 0.1) is 0 Å². The van der Waals surface area contributed by atoms with Gasteiger partial charge in [-0.25, -0.2) is 0 Å². The number of rotatable bonds is 5. The molecule has 0 spiro atoms. The van der Waals surface area contributed by atoms with Crippen molar-refractivity contribution in [3.63, 3.8) is 0 Å². The molecule has 2 heteroatoms. The van der Waals surface area contributed by atoms with Gasteiger partial charge >= 0.3 is 0 Å². The van der Waals surface area contributed by atoms with Gasteiger partial charge < -0.3 is 5.32 Å². The van der Waals surface area contributed by atoms with E-state index in [2.05, 4.69) is 43.4 Å². The van der Waals surface area contributed by atoms with Gasteiger partial charge in [0.2, 0.25) is 0 Å². The maximum Gasteiger partial charge on any atom is 0.0205 e. The summed E-state index contributed by atoms with van der Waals surface area (Å²) in [6, 6.07) is 8.78. The molecule has 1 nitrogen and oxygen atoms in total. The van der Waals surface area contributed by atoms with Gasteiger partial charge in [0.25, 0.3) is 0 Å². The molecule has 0 aliphatic rings. The van der Waals surface area contributed by atoms with Crippen molar-refractivity contribution in [2.75, 3.05) is 12.3 Å². The fourth-order valence-corrected chi connectivity index (χ4v) is 1.80. The van der Waals surface area contributed by atoms with Gasteiger partial charge in [-0.1, -0.05) is 26.0 Å². The number of thioether (sulfide) groups is 1. The summed E-state index contributed by atoms with van der Waals surface area (Å²) in [7, 11) is 0. The fraction of sp³-hybridized carbons (Fsp3) is 0.455. The molecule has 0 fully saturated rings. The number of hydrogen-bond acceptors (Lipinski definition) is 2. The Morgan fingerprint density at radius 2 is 1.85 bits per heavy atom. The molecular weight excluding hydrogens is 178 g/mol. The van der Waals surface area contributed by atoms with E-state index >= 15 is 0 Å². The Kier molecular flexibility index (Phi) is 4.94. The molecular formula is C11H17NS. The first kappa shape index (κ1) is 10.6. The van der Waals surface area contributed by atoms with Gasteiger partial charge in [0.1, 0.15) is 0 Å². The van der Waals surface area contributed by atoms with Crippen molar-refractivity contribution in [1.29, 1.82) is 0 Å². The Hall–Kier alpha value is -0.470. The average Bonchev–Trinajstić information content (AvgIpc) is 2.17. The van der Waals surface area contributed by atoms with Gasteiger partial charge in [0.05, 0.1) is 0 Å². The Morgan fingerprint density at radius 3 is 2.38 bits per heavy atom. The third-order valence-corrected chi connectivity index (χ3v) is 2.71. The lowest BCUT2D eigenvalue weighted by Crippen LogP contribution is -2.11. The van der Waals surface area contributed by atoms with Crippen LogP contribution in [0.4, 0.5) is 0 Å². The third-order valence-electron chi connectivity index (χ3n) is 1.81. The van der Waals surface area contributed by atoms with Crippen LogP contribution in [0.5, 0.6) is 0 Å². The Morgan fingerprint density at radius 1 is 1.15 bits per heavy atom. The lowest BCUT2D eigenvalue weighted by atomic mass is 10.2. The van der Waals surface area contributed by atoms with E-state index in [0.717, 1.165) is 18.8 Å². The van der Waals surface area contributed by atoms with Crippen molar-refractivity contribution >= 4 is 11.8 Å². The first-order valence-electron chi connectivity index (χ1n) is 4.79. The first-order chi connectivity index (χ1) is 6.36. The molecule has 0 aromatic heterocycles. The zero-order valence-corrected chi connectivity index (χ0v) is 9.16. The summed E-state index contributed by atoms with van der Waals surface area (Å²) in [5.74, 6) is 1.15. The smallest absolute Gasteiger partial charge is 0.0205 e. The van der Waals surface area contributed by atoms with E-state index in [1.807, 2.05) is 11.8 Å². The molecule has 1 rings (SSSR count). The molecule has 0 aliphatic carbocycles. The van der Waals surface area contributed by atoms with Crippen molar-refractivity contribution in [3.05, 3.63) is 29.8 Å². The van der Waals surface area contributed by atoms with Gasteiger partial charge in [0.15, 0.2) is 0 Å². The molecule has 1 aromatic carbocycles. The summed E-state index contributed by atoms with van der Waals surface area (Å²) in [4.78, 5) is 1.36. The lowest BCUT2D eigenvalue weighted by Gasteiger charge is -2.03. The van der Waals surface area contributed by atoms with Gasteiger partial charge in [-0.15, -0.1) is 11.8 Å². The zero-order chi connectivity index (χ0) is 9.52. The van der Waals surface area contributed by atoms with Crippen molar-refractivity contribution < 1.29 is 0 Å². The predicted octanol–water partition coefficient (Wildman–Crippen LogP) is 2.91. The summed E-state index contributed by atoms with van der Waals surface area (Å²) in [6.07, 6.45) is 0. The highest BCUT2D eigenvalue weighted by atomic mass is 32.2. The van der Waals surface area contributed by atoms with Crippen molar-refractivity contribution in [1.82, 2.24) is 5.32 Å². The summed E-state index contributed by atoms with van der Waals surface area (Å²) >= 11 is 1.89. The molecule has 0 amide bonds. The maximum atomic E-state index is 3.31. The minimum atomic E-state index is 0.980. The second-order valence-corrected chi connectivity index (χ2v) is 4.19. The van der Waals surface area contributed by atoms with Crippen molar-refractivity contribution in [2.45, 2.75) is 25.3 Å². The standard InChI is InChI=1S/C11H17NS/c1-3-12-9-10-5-7-11(8-6-10)13-4-2/h5-8,12H,3-4,9H2,1-2H3. The van der Waals surface area contributed by atoms with Gasteiger partial charge in [-0.05, 0) is 30.0 Å². The molecule has 1 aromatic rings. The van der Waals surface area contributed by atoms with Crippen LogP contribution < -0.4 is 5.32 Å². The molecule has 0 aliphatic heterocycles. The Labute approximate surface area is 84.9 Å². The zero-order valence-electron chi connectivity index (χ0n) is 8.34. The van der Waals surface area contributed by atoms with E-state index in [1.165, 1.54) is 10.5 Å². The van der Waals surface area contributed by atoms with E-state index < -0.39 is 0 Å². The summed E-state index contributed by atoms with van der Waals surface area (Å²) < 4.78 is 0. The molecule has 0 radical (unpaired) electrons. The fourth-order valence-electron chi connectivity index (χ4n) is 1.14. The highest BCUT2D eigenvalue weighted by molar-refractivity contribution is 7.99. The van der Waals surface area contributed by atoms with Crippen molar-refractivity contribution in [3.8, 4) is 0 Å².